The van der Waals surface area contributed by atoms with Crippen LogP contribution in [0.15, 0.2) is 72.9 Å². The number of hydrogen-bond acceptors (Lipinski definition) is 5. The molecular weight excluding hydrogens is 385 g/mol. The van der Waals surface area contributed by atoms with Gasteiger partial charge in [0.05, 0.1) is 16.9 Å². The number of carbonyl (C=O) groups excluding carboxylic acids is 1. The summed E-state index contributed by atoms with van der Waals surface area (Å²) in [5.74, 6) is 0.656. The van der Waals surface area contributed by atoms with Gasteiger partial charge in [-0.25, -0.2) is 4.39 Å². The Morgan fingerprint density at radius 2 is 1.87 bits per heavy atom. The van der Waals surface area contributed by atoms with Crippen LogP contribution in [0.5, 0.6) is 17.2 Å². The number of aromatic nitrogens is 1. The summed E-state index contributed by atoms with van der Waals surface area (Å²) in [6.45, 7) is 0.334. The van der Waals surface area contributed by atoms with E-state index in [1.165, 1.54) is 12.1 Å². The Labute approximate surface area is 172 Å². The molecule has 0 saturated carbocycles. The molecule has 6 nitrogen and oxygen atoms in total. The number of amides is 1. The van der Waals surface area contributed by atoms with Gasteiger partial charge in [0.15, 0.2) is 0 Å². The summed E-state index contributed by atoms with van der Waals surface area (Å²) in [6.07, 6.45) is 2.15. The standard InChI is InChI=1S/C23H18FN3O3/c24-18-10-16(6-7-19(18)25)30-22-8-9-26-20-12-23(21(27-14-28)11-17(20)22)29-13-15-4-2-1-3-5-15/h1-12,14H,13,25H2,(H,27,28). The van der Waals surface area contributed by atoms with Crippen LogP contribution in [0.4, 0.5) is 15.8 Å². The van der Waals surface area contributed by atoms with Crippen LogP contribution in [0.3, 0.4) is 0 Å². The molecule has 0 fully saturated rings. The molecule has 7 heteroatoms. The lowest BCUT2D eigenvalue weighted by molar-refractivity contribution is -0.105. The Morgan fingerprint density at radius 1 is 1.03 bits per heavy atom. The lowest BCUT2D eigenvalue weighted by atomic mass is 10.1. The fourth-order valence-corrected chi connectivity index (χ4v) is 2.97. The number of hydrogen-bond donors (Lipinski definition) is 2. The number of pyridine rings is 1. The lowest BCUT2D eigenvalue weighted by Crippen LogP contribution is -2.02. The van der Waals surface area contributed by atoms with Crippen molar-refractivity contribution in [1.82, 2.24) is 4.98 Å². The van der Waals surface area contributed by atoms with Gasteiger partial charge in [0.25, 0.3) is 0 Å². The monoisotopic (exact) mass is 403 g/mol. The molecule has 1 heterocycles. The van der Waals surface area contributed by atoms with Gasteiger partial charge < -0.3 is 20.5 Å². The van der Waals surface area contributed by atoms with Crippen molar-refractivity contribution in [2.24, 2.45) is 0 Å². The summed E-state index contributed by atoms with van der Waals surface area (Å²) in [6, 6.07) is 19.0. The molecule has 0 radical (unpaired) electrons. The summed E-state index contributed by atoms with van der Waals surface area (Å²) >= 11 is 0. The molecular formula is C23H18FN3O3. The van der Waals surface area contributed by atoms with Crippen molar-refractivity contribution in [1.29, 1.82) is 0 Å². The Morgan fingerprint density at radius 3 is 2.63 bits per heavy atom. The van der Waals surface area contributed by atoms with Crippen molar-refractivity contribution in [2.45, 2.75) is 6.61 Å². The smallest absolute Gasteiger partial charge is 0.211 e. The van der Waals surface area contributed by atoms with Crippen molar-refractivity contribution in [3.05, 3.63) is 84.3 Å². The maximum Gasteiger partial charge on any atom is 0.211 e. The van der Waals surface area contributed by atoms with Crippen molar-refractivity contribution in [3.8, 4) is 17.2 Å². The van der Waals surface area contributed by atoms with Crippen LogP contribution >= 0.6 is 0 Å². The Kier molecular flexibility index (Phi) is 5.43. The number of nitrogens with zero attached hydrogens (tertiary/aromatic N) is 1. The number of fused-ring (bicyclic) bond motifs is 1. The van der Waals surface area contributed by atoms with Gasteiger partial charge in [0.2, 0.25) is 6.41 Å². The number of nitrogen functional groups attached to an aromatic ring is 1. The highest BCUT2D eigenvalue weighted by Gasteiger charge is 2.12. The highest BCUT2D eigenvalue weighted by Crippen LogP contribution is 2.36. The van der Waals surface area contributed by atoms with Crippen LogP contribution in [-0.2, 0) is 11.4 Å². The number of rotatable bonds is 7. The van der Waals surface area contributed by atoms with Crippen LogP contribution < -0.4 is 20.5 Å². The predicted molar refractivity (Wildman–Crippen MR) is 113 cm³/mol. The van der Waals surface area contributed by atoms with Gasteiger partial charge >= 0.3 is 0 Å². The molecule has 0 spiro atoms. The molecule has 0 saturated heterocycles. The number of carbonyl (C=O) groups is 1. The molecule has 0 bridgehead atoms. The van der Waals surface area contributed by atoms with Crippen LogP contribution in [-0.4, -0.2) is 11.4 Å². The summed E-state index contributed by atoms with van der Waals surface area (Å²) < 4.78 is 25.5. The predicted octanol–water partition coefficient (Wildman–Crippen LogP) is 4.90. The minimum atomic E-state index is -0.564. The van der Waals surface area contributed by atoms with Gasteiger partial charge in [-0.15, -0.1) is 0 Å². The number of benzene rings is 3. The van der Waals surface area contributed by atoms with Gasteiger partial charge in [0.1, 0.15) is 29.7 Å². The van der Waals surface area contributed by atoms with E-state index >= 15 is 0 Å². The molecule has 3 N–H and O–H groups in total. The third-order valence-electron chi connectivity index (χ3n) is 4.45. The number of halogens is 1. The second-order valence-corrected chi connectivity index (χ2v) is 6.50. The maximum absolute atomic E-state index is 13.8. The third kappa shape index (κ3) is 4.15. The zero-order valence-electron chi connectivity index (χ0n) is 15.8. The van der Waals surface area contributed by atoms with Gasteiger partial charge in [-0.1, -0.05) is 30.3 Å². The van der Waals surface area contributed by atoms with E-state index in [1.54, 1.807) is 30.5 Å². The molecule has 0 aliphatic rings. The van der Waals surface area contributed by atoms with E-state index in [0.717, 1.165) is 5.56 Å². The highest BCUT2D eigenvalue weighted by molar-refractivity contribution is 5.93. The van der Waals surface area contributed by atoms with Gasteiger partial charge in [-0.3, -0.25) is 9.78 Å². The molecule has 0 aliphatic heterocycles. The highest BCUT2D eigenvalue weighted by atomic mass is 19.1. The first kappa shape index (κ1) is 19.2. The van der Waals surface area contributed by atoms with Crippen molar-refractivity contribution in [3.63, 3.8) is 0 Å². The summed E-state index contributed by atoms with van der Waals surface area (Å²) in [7, 11) is 0. The van der Waals surface area contributed by atoms with E-state index in [1.807, 2.05) is 30.3 Å². The molecule has 3 aromatic carbocycles. The molecule has 1 aromatic heterocycles. The minimum absolute atomic E-state index is 0.0413. The second-order valence-electron chi connectivity index (χ2n) is 6.50. The summed E-state index contributed by atoms with van der Waals surface area (Å²) in [5.41, 5.74) is 7.62. The lowest BCUT2D eigenvalue weighted by Gasteiger charge is -2.14. The molecule has 4 rings (SSSR count). The van der Waals surface area contributed by atoms with E-state index in [9.17, 15) is 9.18 Å². The van der Waals surface area contributed by atoms with Crippen LogP contribution in [0.1, 0.15) is 5.56 Å². The number of anilines is 2. The van der Waals surface area contributed by atoms with Crippen LogP contribution in [0.2, 0.25) is 0 Å². The third-order valence-corrected chi connectivity index (χ3v) is 4.45. The van der Waals surface area contributed by atoms with Crippen molar-refractivity contribution >= 4 is 28.7 Å². The minimum Gasteiger partial charge on any atom is -0.487 e. The Bertz CT molecular complexity index is 1200. The molecule has 4 aromatic rings. The molecule has 30 heavy (non-hydrogen) atoms. The number of ether oxygens (including phenoxy) is 2. The molecule has 0 aliphatic carbocycles. The molecule has 0 unspecified atom stereocenters. The Balaban J connectivity index is 1.68. The van der Waals surface area contributed by atoms with Gasteiger partial charge in [-0.05, 0) is 29.8 Å². The molecule has 1 amide bonds. The quantitative estimate of drug-likeness (QED) is 0.339. The first-order chi connectivity index (χ1) is 14.6. The van der Waals surface area contributed by atoms with E-state index < -0.39 is 5.82 Å². The first-order valence-electron chi connectivity index (χ1n) is 9.16. The second kappa shape index (κ2) is 8.48. The van der Waals surface area contributed by atoms with Crippen molar-refractivity contribution in [2.75, 3.05) is 11.1 Å². The van der Waals surface area contributed by atoms with Crippen LogP contribution in [0.25, 0.3) is 10.9 Å². The van der Waals surface area contributed by atoms with E-state index in [-0.39, 0.29) is 5.69 Å². The van der Waals surface area contributed by atoms with Crippen LogP contribution in [0, 0.1) is 5.82 Å². The normalized spacial score (nSPS) is 10.6. The van der Waals surface area contributed by atoms with Gasteiger partial charge in [0, 0.05) is 23.7 Å². The number of nitrogens with one attached hydrogen (secondary N) is 1. The average molecular weight is 403 g/mol. The first-order valence-corrected chi connectivity index (χ1v) is 9.16. The Hall–Kier alpha value is -4.13. The summed E-state index contributed by atoms with van der Waals surface area (Å²) in [5, 5.41) is 3.28. The van der Waals surface area contributed by atoms with E-state index in [2.05, 4.69) is 10.3 Å². The zero-order valence-corrected chi connectivity index (χ0v) is 15.8. The van der Waals surface area contributed by atoms with Crippen molar-refractivity contribution < 1.29 is 18.7 Å². The van der Waals surface area contributed by atoms with Gasteiger partial charge in [-0.2, -0.15) is 0 Å². The largest absolute Gasteiger partial charge is 0.487 e. The SMILES string of the molecule is Nc1ccc(Oc2ccnc3cc(OCc4ccccc4)c(NC=O)cc23)cc1F. The molecule has 0 atom stereocenters. The topological polar surface area (TPSA) is 86.5 Å². The average Bonchev–Trinajstić information content (AvgIpc) is 2.76. The van der Waals surface area contributed by atoms with E-state index in [4.69, 9.17) is 15.2 Å². The van der Waals surface area contributed by atoms with E-state index in [0.29, 0.717) is 46.9 Å². The fourth-order valence-electron chi connectivity index (χ4n) is 2.97. The zero-order chi connectivity index (χ0) is 20.9. The fraction of sp³-hybridized carbons (Fsp3) is 0.0435. The maximum atomic E-state index is 13.8. The number of nitrogens with two attached hydrogens (primary N) is 1. The summed E-state index contributed by atoms with van der Waals surface area (Å²) in [4.78, 5) is 15.5. The molecule has 150 valence electrons.